The van der Waals surface area contributed by atoms with E-state index in [4.69, 9.17) is 16.0 Å². The van der Waals surface area contributed by atoms with Crippen LogP contribution in [0, 0.1) is 0 Å². The molecule has 0 amide bonds. The molecule has 0 N–H and O–H groups in total. The van der Waals surface area contributed by atoms with Gasteiger partial charge >= 0.3 is 0 Å². The monoisotopic (exact) mass is 386 g/mol. The van der Waals surface area contributed by atoms with E-state index in [0.29, 0.717) is 0 Å². The van der Waals surface area contributed by atoms with Crippen LogP contribution < -0.4 is 0 Å². The van der Waals surface area contributed by atoms with Gasteiger partial charge in [0, 0.05) is 26.4 Å². The molecule has 3 heterocycles. The fourth-order valence-corrected chi connectivity index (χ4v) is 4.96. The van der Waals surface area contributed by atoms with Crippen LogP contribution in [0.25, 0.3) is 53.5 Å². The molecule has 0 bridgehead atoms. The number of halogens is 1. The first-order valence-electron chi connectivity index (χ1n) is 8.54. The first-order valence-corrected chi connectivity index (χ1v) is 9.74. The molecule has 0 radical (unpaired) electrons. The van der Waals surface area contributed by atoms with E-state index in [1.165, 1.54) is 4.70 Å². The highest BCUT2D eigenvalue weighted by molar-refractivity contribution is 7.26. The van der Waals surface area contributed by atoms with Crippen LogP contribution in [-0.4, -0.2) is 9.97 Å². The fourth-order valence-electron chi connectivity index (χ4n) is 3.63. The fraction of sp³-hybridized carbons (Fsp3) is 0. The smallest absolute Gasteiger partial charge is 0.223 e. The van der Waals surface area contributed by atoms with Crippen molar-refractivity contribution in [1.82, 2.24) is 9.97 Å². The molecular formula is C22H11ClN2OS. The summed E-state index contributed by atoms with van der Waals surface area (Å²) in [6.07, 6.45) is 0. The highest BCUT2D eigenvalue weighted by Crippen LogP contribution is 2.40. The van der Waals surface area contributed by atoms with Crippen molar-refractivity contribution in [2.75, 3.05) is 0 Å². The Morgan fingerprint density at radius 1 is 0.778 bits per heavy atom. The molecule has 6 aromatic rings. The number of thiophene rings is 1. The van der Waals surface area contributed by atoms with Crippen LogP contribution >= 0.6 is 22.9 Å². The number of hydrogen-bond donors (Lipinski definition) is 0. The van der Waals surface area contributed by atoms with Crippen LogP contribution in [0.2, 0.25) is 5.28 Å². The summed E-state index contributed by atoms with van der Waals surface area (Å²) in [5.41, 5.74) is 4.45. The number of aromatic nitrogens is 2. The molecule has 0 spiro atoms. The summed E-state index contributed by atoms with van der Waals surface area (Å²) < 4.78 is 8.26. The van der Waals surface area contributed by atoms with Crippen molar-refractivity contribution in [3.05, 3.63) is 72.0 Å². The number of fused-ring (bicyclic) bond motifs is 6. The predicted molar refractivity (Wildman–Crippen MR) is 113 cm³/mol. The normalized spacial score (nSPS) is 11.9. The Labute approximate surface area is 162 Å². The molecule has 0 unspecified atom stereocenters. The third kappa shape index (κ3) is 2.21. The third-order valence-corrected chi connectivity index (χ3v) is 6.18. The van der Waals surface area contributed by atoms with E-state index in [-0.39, 0.29) is 5.28 Å². The van der Waals surface area contributed by atoms with Crippen LogP contribution in [0.5, 0.6) is 0 Å². The maximum absolute atomic E-state index is 6.27. The molecule has 27 heavy (non-hydrogen) atoms. The van der Waals surface area contributed by atoms with Gasteiger partial charge in [0.25, 0.3) is 0 Å². The maximum Gasteiger partial charge on any atom is 0.223 e. The lowest BCUT2D eigenvalue weighted by Gasteiger charge is -2.03. The van der Waals surface area contributed by atoms with Crippen molar-refractivity contribution in [1.29, 1.82) is 0 Å². The number of rotatable bonds is 1. The average Bonchev–Trinajstić information content (AvgIpc) is 3.25. The van der Waals surface area contributed by atoms with Gasteiger partial charge < -0.3 is 4.42 Å². The second-order valence-electron chi connectivity index (χ2n) is 6.43. The number of para-hydroxylation sites is 1. The Kier molecular flexibility index (Phi) is 3.10. The first-order chi connectivity index (χ1) is 13.3. The quantitative estimate of drug-likeness (QED) is 0.284. The van der Waals surface area contributed by atoms with Gasteiger partial charge in [0.1, 0.15) is 11.2 Å². The Morgan fingerprint density at radius 3 is 2.48 bits per heavy atom. The van der Waals surface area contributed by atoms with Crippen molar-refractivity contribution < 1.29 is 4.42 Å². The lowest BCUT2D eigenvalue weighted by molar-refractivity contribution is 0.669. The van der Waals surface area contributed by atoms with Crippen molar-refractivity contribution in [3.8, 4) is 11.3 Å². The van der Waals surface area contributed by atoms with Gasteiger partial charge in [-0.15, -0.1) is 11.3 Å². The summed E-state index contributed by atoms with van der Waals surface area (Å²) in [5, 5.41) is 3.58. The van der Waals surface area contributed by atoms with Crippen molar-refractivity contribution in [3.63, 3.8) is 0 Å². The lowest BCUT2D eigenvalue weighted by Crippen LogP contribution is -1.88. The Hall–Kier alpha value is -2.95. The molecule has 3 aromatic carbocycles. The number of hydrogen-bond acceptors (Lipinski definition) is 4. The van der Waals surface area contributed by atoms with E-state index in [1.807, 2.05) is 36.4 Å². The van der Waals surface area contributed by atoms with Crippen LogP contribution in [0.15, 0.2) is 71.1 Å². The number of nitrogens with zero attached hydrogens (tertiary/aromatic N) is 2. The standard InChI is InChI=1S/C22H11ClN2OS/c23-22-24-19(21-20(25-22)15-6-2-4-8-18(15)27-21)12-9-10-14-13-5-1-3-7-16(13)26-17(14)11-12/h1-11H. The summed E-state index contributed by atoms with van der Waals surface area (Å²) in [5.74, 6) is 0. The second kappa shape index (κ2) is 5.52. The molecule has 128 valence electrons. The van der Waals surface area contributed by atoms with Gasteiger partial charge in [-0.05, 0) is 35.9 Å². The summed E-state index contributed by atoms with van der Waals surface area (Å²) in [7, 11) is 0. The molecule has 0 aliphatic rings. The van der Waals surface area contributed by atoms with Gasteiger partial charge in [-0.2, -0.15) is 0 Å². The largest absolute Gasteiger partial charge is 0.456 e. The Morgan fingerprint density at radius 2 is 1.56 bits per heavy atom. The van der Waals surface area contributed by atoms with E-state index in [9.17, 15) is 0 Å². The van der Waals surface area contributed by atoms with E-state index in [1.54, 1.807) is 11.3 Å². The Balaban J connectivity index is 1.68. The van der Waals surface area contributed by atoms with Crippen LogP contribution in [0.4, 0.5) is 0 Å². The maximum atomic E-state index is 6.27. The molecule has 0 saturated heterocycles. The van der Waals surface area contributed by atoms with Gasteiger partial charge in [-0.3, -0.25) is 0 Å². The SMILES string of the molecule is Clc1nc(-c2ccc3c(c2)oc2ccccc23)c2sc3ccccc3c2n1. The van der Waals surface area contributed by atoms with Gasteiger partial charge in [-0.25, -0.2) is 9.97 Å². The molecule has 3 aromatic heterocycles. The number of benzene rings is 3. The summed E-state index contributed by atoms with van der Waals surface area (Å²) in [6, 6.07) is 22.5. The molecule has 3 nitrogen and oxygen atoms in total. The van der Waals surface area contributed by atoms with Gasteiger partial charge in [-0.1, -0.05) is 42.5 Å². The van der Waals surface area contributed by atoms with Gasteiger partial charge in [0.05, 0.1) is 15.9 Å². The molecule has 6 rings (SSSR count). The molecule has 0 aliphatic carbocycles. The predicted octanol–water partition coefficient (Wildman–Crippen LogP) is 7.06. The minimum absolute atomic E-state index is 0.255. The number of furan rings is 1. The Bertz CT molecular complexity index is 1500. The average molecular weight is 387 g/mol. The minimum Gasteiger partial charge on any atom is -0.456 e. The highest BCUT2D eigenvalue weighted by atomic mass is 35.5. The van der Waals surface area contributed by atoms with Gasteiger partial charge in [0.2, 0.25) is 5.28 Å². The van der Waals surface area contributed by atoms with Crippen LogP contribution in [0.3, 0.4) is 0 Å². The van der Waals surface area contributed by atoms with E-state index in [2.05, 4.69) is 40.3 Å². The summed E-state index contributed by atoms with van der Waals surface area (Å²) >= 11 is 7.96. The van der Waals surface area contributed by atoms with Crippen LogP contribution in [0.1, 0.15) is 0 Å². The highest BCUT2D eigenvalue weighted by Gasteiger charge is 2.16. The zero-order chi connectivity index (χ0) is 18.0. The van der Waals surface area contributed by atoms with Crippen molar-refractivity contribution in [2.45, 2.75) is 0 Å². The molecule has 0 aliphatic heterocycles. The zero-order valence-electron chi connectivity index (χ0n) is 13.9. The summed E-state index contributed by atoms with van der Waals surface area (Å²) in [4.78, 5) is 9.04. The first kappa shape index (κ1) is 15.1. The lowest BCUT2D eigenvalue weighted by atomic mass is 10.1. The zero-order valence-corrected chi connectivity index (χ0v) is 15.5. The summed E-state index contributed by atoms with van der Waals surface area (Å²) in [6.45, 7) is 0. The third-order valence-electron chi connectivity index (χ3n) is 4.84. The second-order valence-corrected chi connectivity index (χ2v) is 7.82. The van der Waals surface area contributed by atoms with Crippen molar-refractivity contribution in [2.24, 2.45) is 0 Å². The van der Waals surface area contributed by atoms with E-state index < -0.39 is 0 Å². The molecule has 0 saturated carbocycles. The topological polar surface area (TPSA) is 38.9 Å². The van der Waals surface area contributed by atoms with E-state index in [0.717, 1.165) is 48.8 Å². The molecular weight excluding hydrogens is 376 g/mol. The molecule has 0 fully saturated rings. The van der Waals surface area contributed by atoms with E-state index >= 15 is 0 Å². The van der Waals surface area contributed by atoms with Gasteiger partial charge in [0.15, 0.2) is 0 Å². The minimum atomic E-state index is 0.255. The van der Waals surface area contributed by atoms with Crippen LogP contribution in [-0.2, 0) is 0 Å². The molecule has 0 atom stereocenters. The molecule has 5 heteroatoms. The van der Waals surface area contributed by atoms with Crippen molar-refractivity contribution >= 4 is 65.2 Å².